The zero-order chi connectivity index (χ0) is 15.3. The molecule has 0 aliphatic carbocycles. The maximum absolute atomic E-state index is 12.7. The highest BCUT2D eigenvalue weighted by atomic mass is 35.5. The molecule has 1 aromatic heterocycles. The van der Waals surface area contributed by atoms with Crippen molar-refractivity contribution in [2.45, 2.75) is 32.5 Å². The second-order valence-electron chi connectivity index (χ2n) is 5.64. The van der Waals surface area contributed by atoms with Gasteiger partial charge < -0.3 is 14.2 Å². The molecular weight excluding hydrogens is 304 g/mol. The van der Waals surface area contributed by atoms with Crippen LogP contribution in [0, 0.1) is 6.92 Å². The maximum atomic E-state index is 12.7. The predicted molar refractivity (Wildman–Crippen MR) is 79.7 cm³/mol. The van der Waals surface area contributed by atoms with E-state index in [0.29, 0.717) is 24.5 Å². The summed E-state index contributed by atoms with van der Waals surface area (Å²) in [6, 6.07) is 5.46. The van der Waals surface area contributed by atoms with Crippen molar-refractivity contribution in [2.75, 3.05) is 6.54 Å². The van der Waals surface area contributed by atoms with E-state index in [1.807, 2.05) is 23.6 Å². The van der Waals surface area contributed by atoms with Crippen molar-refractivity contribution in [3.8, 4) is 5.75 Å². The van der Waals surface area contributed by atoms with E-state index in [1.165, 1.54) is 0 Å². The van der Waals surface area contributed by atoms with E-state index < -0.39 is 6.10 Å². The van der Waals surface area contributed by atoms with Crippen LogP contribution in [0.1, 0.15) is 17.2 Å². The molecule has 0 spiro atoms. The Labute approximate surface area is 132 Å². The molecule has 114 valence electrons. The number of halogens is 1. The van der Waals surface area contributed by atoms with Gasteiger partial charge >= 0.3 is 0 Å². The lowest BCUT2D eigenvalue weighted by molar-refractivity contribution is -0.139. The SMILES string of the molecule is Cc1nnc2n1CCN(C(=O)[C@@H]1Cc3cc(Cl)ccc3O1)C2. The van der Waals surface area contributed by atoms with Crippen LogP contribution >= 0.6 is 11.6 Å². The van der Waals surface area contributed by atoms with Gasteiger partial charge in [0.2, 0.25) is 0 Å². The number of benzene rings is 1. The molecule has 0 saturated heterocycles. The Morgan fingerprint density at radius 2 is 2.23 bits per heavy atom. The number of nitrogens with zero attached hydrogens (tertiary/aromatic N) is 4. The lowest BCUT2D eigenvalue weighted by atomic mass is 10.1. The summed E-state index contributed by atoms with van der Waals surface area (Å²) < 4.78 is 7.83. The minimum atomic E-state index is -0.468. The molecule has 6 nitrogen and oxygen atoms in total. The molecule has 2 aromatic rings. The standard InChI is InChI=1S/C15H15ClN4O2/c1-9-17-18-14-8-19(4-5-20(9)14)15(21)13-7-10-6-11(16)2-3-12(10)22-13/h2-3,6,13H,4-5,7-8H2,1H3/t13-/m0/s1. The zero-order valence-electron chi connectivity index (χ0n) is 12.1. The van der Waals surface area contributed by atoms with Crippen LogP contribution in [0.3, 0.4) is 0 Å². The van der Waals surface area contributed by atoms with Crippen LogP contribution < -0.4 is 4.74 Å². The predicted octanol–water partition coefficient (Wildman–Crippen LogP) is 1.59. The molecule has 0 unspecified atom stereocenters. The van der Waals surface area contributed by atoms with Crippen molar-refractivity contribution in [1.82, 2.24) is 19.7 Å². The van der Waals surface area contributed by atoms with Gasteiger partial charge in [0.1, 0.15) is 11.6 Å². The average molecular weight is 319 g/mol. The quantitative estimate of drug-likeness (QED) is 0.801. The highest BCUT2D eigenvalue weighted by molar-refractivity contribution is 6.30. The summed E-state index contributed by atoms with van der Waals surface area (Å²) in [5, 5.41) is 8.85. The summed E-state index contributed by atoms with van der Waals surface area (Å²) in [6.07, 6.45) is 0.0979. The van der Waals surface area contributed by atoms with Gasteiger partial charge in [0.25, 0.3) is 5.91 Å². The number of ether oxygens (including phenoxy) is 1. The number of aromatic nitrogens is 3. The first-order valence-corrected chi connectivity index (χ1v) is 7.62. The number of carbonyl (C=O) groups is 1. The number of rotatable bonds is 1. The Morgan fingerprint density at radius 1 is 1.36 bits per heavy atom. The monoisotopic (exact) mass is 318 g/mol. The third-order valence-corrected chi connectivity index (χ3v) is 4.46. The van der Waals surface area contributed by atoms with Crippen LogP contribution in [-0.4, -0.2) is 38.2 Å². The van der Waals surface area contributed by atoms with E-state index >= 15 is 0 Å². The van der Waals surface area contributed by atoms with Gasteiger partial charge in [-0.25, -0.2) is 0 Å². The smallest absolute Gasteiger partial charge is 0.264 e. The van der Waals surface area contributed by atoms with E-state index in [4.69, 9.17) is 16.3 Å². The summed E-state index contributed by atoms with van der Waals surface area (Å²) in [7, 11) is 0. The summed E-state index contributed by atoms with van der Waals surface area (Å²) in [4.78, 5) is 14.5. The van der Waals surface area contributed by atoms with Gasteiger partial charge in [0, 0.05) is 24.5 Å². The van der Waals surface area contributed by atoms with E-state index in [1.54, 1.807) is 11.0 Å². The summed E-state index contributed by atoms with van der Waals surface area (Å²) in [5.41, 5.74) is 0.988. The maximum Gasteiger partial charge on any atom is 0.264 e. The van der Waals surface area contributed by atoms with Crippen molar-refractivity contribution in [2.24, 2.45) is 0 Å². The molecule has 7 heteroatoms. The molecular formula is C15H15ClN4O2. The normalized spacial score (nSPS) is 19.5. The lowest BCUT2D eigenvalue weighted by Gasteiger charge is -2.29. The molecule has 2 aliphatic heterocycles. The van der Waals surface area contributed by atoms with Crippen LogP contribution in [0.2, 0.25) is 5.02 Å². The van der Waals surface area contributed by atoms with Gasteiger partial charge in [-0.3, -0.25) is 4.79 Å². The van der Waals surface area contributed by atoms with Crippen LogP contribution in [0.5, 0.6) is 5.75 Å². The third-order valence-electron chi connectivity index (χ3n) is 4.22. The number of aryl methyl sites for hydroxylation is 1. The minimum Gasteiger partial charge on any atom is -0.480 e. The number of amides is 1. The van der Waals surface area contributed by atoms with Crippen molar-refractivity contribution in [3.05, 3.63) is 40.4 Å². The Morgan fingerprint density at radius 3 is 3.09 bits per heavy atom. The Bertz CT molecular complexity index is 754. The van der Waals surface area contributed by atoms with Gasteiger partial charge in [-0.2, -0.15) is 0 Å². The molecule has 1 aromatic carbocycles. The van der Waals surface area contributed by atoms with Gasteiger partial charge in [-0.05, 0) is 30.7 Å². The minimum absolute atomic E-state index is 0.000717. The van der Waals surface area contributed by atoms with Gasteiger partial charge in [-0.1, -0.05) is 11.6 Å². The largest absolute Gasteiger partial charge is 0.480 e. The molecule has 2 aliphatic rings. The first kappa shape index (κ1) is 13.6. The average Bonchev–Trinajstić information content (AvgIpc) is 3.09. The van der Waals surface area contributed by atoms with E-state index in [0.717, 1.165) is 29.5 Å². The first-order chi connectivity index (χ1) is 10.6. The number of hydrogen-bond donors (Lipinski definition) is 0. The lowest BCUT2D eigenvalue weighted by Crippen LogP contribution is -2.45. The zero-order valence-corrected chi connectivity index (χ0v) is 12.9. The topological polar surface area (TPSA) is 60.2 Å². The third kappa shape index (κ3) is 2.14. The summed E-state index contributed by atoms with van der Waals surface area (Å²) in [6.45, 7) is 3.79. The molecule has 22 heavy (non-hydrogen) atoms. The van der Waals surface area contributed by atoms with Crippen molar-refractivity contribution in [3.63, 3.8) is 0 Å². The summed E-state index contributed by atoms with van der Waals surface area (Å²) in [5.74, 6) is 2.47. The Balaban J connectivity index is 1.50. The Kier molecular flexibility index (Phi) is 3.07. The van der Waals surface area contributed by atoms with Crippen molar-refractivity contribution < 1.29 is 9.53 Å². The molecule has 0 fully saturated rings. The highest BCUT2D eigenvalue weighted by Crippen LogP contribution is 2.32. The number of fused-ring (bicyclic) bond motifs is 2. The van der Waals surface area contributed by atoms with Gasteiger partial charge in [0.05, 0.1) is 6.54 Å². The fourth-order valence-corrected chi connectivity index (χ4v) is 3.24. The van der Waals surface area contributed by atoms with Crippen LogP contribution in [0.15, 0.2) is 18.2 Å². The first-order valence-electron chi connectivity index (χ1n) is 7.24. The fourth-order valence-electron chi connectivity index (χ4n) is 3.05. The highest BCUT2D eigenvalue weighted by Gasteiger charge is 2.34. The number of hydrogen-bond acceptors (Lipinski definition) is 4. The summed E-state index contributed by atoms with van der Waals surface area (Å²) >= 11 is 5.99. The number of carbonyl (C=O) groups excluding carboxylic acids is 1. The van der Waals surface area contributed by atoms with Gasteiger partial charge in [-0.15, -0.1) is 10.2 Å². The van der Waals surface area contributed by atoms with E-state index in [2.05, 4.69) is 10.2 Å². The van der Waals surface area contributed by atoms with Crippen LogP contribution in [-0.2, 0) is 24.3 Å². The molecule has 1 amide bonds. The molecule has 0 radical (unpaired) electrons. The van der Waals surface area contributed by atoms with E-state index in [9.17, 15) is 4.79 Å². The van der Waals surface area contributed by atoms with E-state index in [-0.39, 0.29) is 5.91 Å². The van der Waals surface area contributed by atoms with Crippen LogP contribution in [0.25, 0.3) is 0 Å². The van der Waals surface area contributed by atoms with Crippen molar-refractivity contribution >= 4 is 17.5 Å². The molecule has 3 heterocycles. The second kappa shape index (κ2) is 4.98. The van der Waals surface area contributed by atoms with Crippen LogP contribution in [0.4, 0.5) is 0 Å². The molecule has 4 rings (SSSR count). The molecule has 0 N–H and O–H groups in total. The van der Waals surface area contributed by atoms with Crippen molar-refractivity contribution in [1.29, 1.82) is 0 Å². The fraction of sp³-hybridized carbons (Fsp3) is 0.400. The molecule has 1 atom stereocenters. The molecule has 0 saturated carbocycles. The second-order valence-corrected chi connectivity index (χ2v) is 6.07. The molecule has 0 bridgehead atoms. The Hall–Kier alpha value is -2.08. The van der Waals surface area contributed by atoms with Gasteiger partial charge in [0.15, 0.2) is 11.9 Å².